The molecule has 0 saturated heterocycles. The fourth-order valence-electron chi connectivity index (χ4n) is 2.37. The zero-order valence-electron chi connectivity index (χ0n) is 15.0. The molecule has 0 radical (unpaired) electrons. The Bertz CT molecular complexity index is 1080. The third-order valence-electron chi connectivity index (χ3n) is 3.63. The molecule has 0 fully saturated rings. The number of thioether (sulfide) groups is 1. The van der Waals surface area contributed by atoms with Gasteiger partial charge in [0.25, 0.3) is 10.0 Å². The number of benzene rings is 1. The number of allylic oxidation sites excluding steroid dienone is 4. The van der Waals surface area contributed by atoms with Crippen LogP contribution in [-0.2, 0) is 14.8 Å². The quantitative estimate of drug-likeness (QED) is 0.579. The number of ketones is 1. The second kappa shape index (κ2) is 7.58. The Balaban J connectivity index is 1.92. The van der Waals surface area contributed by atoms with Gasteiger partial charge in [-0.3, -0.25) is 4.79 Å². The van der Waals surface area contributed by atoms with E-state index in [-0.39, 0.29) is 16.4 Å². The van der Waals surface area contributed by atoms with Crippen molar-refractivity contribution in [2.45, 2.75) is 30.8 Å². The molecule has 1 aromatic carbocycles. The summed E-state index contributed by atoms with van der Waals surface area (Å²) < 4.78 is 28.8. The highest BCUT2D eigenvalue weighted by Crippen LogP contribution is 2.27. The Morgan fingerprint density at radius 1 is 0.963 bits per heavy atom. The van der Waals surface area contributed by atoms with E-state index in [1.807, 2.05) is 26.8 Å². The third kappa shape index (κ3) is 4.78. The van der Waals surface area contributed by atoms with Crippen molar-refractivity contribution in [3.8, 4) is 0 Å². The predicted octanol–water partition coefficient (Wildman–Crippen LogP) is 3.35. The molecule has 0 amide bonds. The molecule has 0 aliphatic heterocycles. The van der Waals surface area contributed by atoms with Gasteiger partial charge in [-0.05, 0) is 69.0 Å². The van der Waals surface area contributed by atoms with Crippen molar-refractivity contribution < 1.29 is 13.2 Å². The minimum Gasteiger partial charge on any atom is -0.289 e. The summed E-state index contributed by atoms with van der Waals surface area (Å²) in [5.41, 5.74) is 2.72. The topological polar surface area (TPSA) is 89.4 Å². The maximum Gasteiger partial charge on any atom is 0.282 e. The van der Waals surface area contributed by atoms with E-state index < -0.39 is 10.0 Å². The molecule has 2 aromatic rings. The molecular formula is C19H17N3O3S2. The van der Waals surface area contributed by atoms with E-state index in [4.69, 9.17) is 0 Å². The number of carbonyl (C=O) groups excluding carboxylic acids is 1. The van der Waals surface area contributed by atoms with Gasteiger partial charge in [0.05, 0.1) is 15.5 Å². The largest absolute Gasteiger partial charge is 0.289 e. The lowest BCUT2D eigenvalue weighted by atomic mass is 10.2. The Morgan fingerprint density at radius 2 is 1.59 bits per heavy atom. The SMILES string of the molecule is Cc1ccc(S(=O)(=O)N=C2C=CC(=O)C(Sc3nc(C)cc(C)n3)=C2)cc1. The van der Waals surface area contributed by atoms with Gasteiger partial charge in [-0.1, -0.05) is 17.7 Å². The zero-order chi connectivity index (χ0) is 19.6. The number of hydrogen-bond acceptors (Lipinski definition) is 6. The minimum absolute atomic E-state index is 0.103. The van der Waals surface area contributed by atoms with Gasteiger partial charge in [0.1, 0.15) is 0 Å². The van der Waals surface area contributed by atoms with E-state index in [2.05, 4.69) is 14.4 Å². The third-order valence-corrected chi connectivity index (χ3v) is 5.86. The van der Waals surface area contributed by atoms with Crippen LogP contribution in [0.3, 0.4) is 0 Å². The van der Waals surface area contributed by atoms with Crippen molar-refractivity contribution in [2.24, 2.45) is 4.40 Å². The molecule has 0 N–H and O–H groups in total. The van der Waals surface area contributed by atoms with Crippen molar-refractivity contribution in [3.05, 3.63) is 70.4 Å². The second-order valence-electron chi connectivity index (χ2n) is 6.05. The fraction of sp³-hybridized carbons (Fsp3) is 0.158. The summed E-state index contributed by atoms with van der Waals surface area (Å²) in [6.07, 6.45) is 4.13. The first-order valence-corrected chi connectivity index (χ1v) is 10.3. The van der Waals surface area contributed by atoms with E-state index in [9.17, 15) is 13.2 Å². The summed E-state index contributed by atoms with van der Waals surface area (Å²) in [6.45, 7) is 5.56. The molecule has 0 saturated carbocycles. The number of sulfonamides is 1. The molecule has 8 heteroatoms. The number of hydrogen-bond donors (Lipinski definition) is 0. The molecule has 1 aliphatic rings. The number of rotatable bonds is 4. The van der Waals surface area contributed by atoms with Crippen LogP contribution in [0.15, 0.2) is 67.9 Å². The highest BCUT2D eigenvalue weighted by atomic mass is 32.2. The van der Waals surface area contributed by atoms with Gasteiger partial charge in [-0.2, -0.15) is 12.8 Å². The molecule has 0 spiro atoms. The standard InChI is InChI=1S/C19H17N3O3S2/c1-12-4-7-16(8-5-12)27(24,25)22-15-6-9-17(23)18(11-15)26-19-20-13(2)10-14(3)21-19/h4-11H,1-3H3. The van der Waals surface area contributed by atoms with Crippen LogP contribution in [0.2, 0.25) is 0 Å². The first kappa shape index (κ1) is 19.2. The van der Waals surface area contributed by atoms with Crippen molar-refractivity contribution in [1.29, 1.82) is 0 Å². The lowest BCUT2D eigenvalue weighted by Crippen LogP contribution is -2.09. The Morgan fingerprint density at radius 3 is 2.22 bits per heavy atom. The fourth-order valence-corrected chi connectivity index (χ4v) is 4.27. The molecule has 3 rings (SSSR count). The van der Waals surface area contributed by atoms with Crippen molar-refractivity contribution in [2.75, 3.05) is 0 Å². The van der Waals surface area contributed by atoms with Gasteiger partial charge in [-0.25, -0.2) is 9.97 Å². The summed E-state index contributed by atoms with van der Waals surface area (Å²) in [4.78, 5) is 21.2. The van der Waals surface area contributed by atoms with Crippen LogP contribution in [0, 0.1) is 20.8 Å². The number of aryl methyl sites for hydroxylation is 3. The van der Waals surface area contributed by atoms with Gasteiger partial charge in [0, 0.05) is 11.4 Å². The first-order chi connectivity index (χ1) is 12.7. The normalized spacial score (nSPS) is 15.9. The van der Waals surface area contributed by atoms with Gasteiger partial charge in [0.2, 0.25) is 0 Å². The number of aromatic nitrogens is 2. The molecular weight excluding hydrogens is 382 g/mol. The molecule has 0 unspecified atom stereocenters. The predicted molar refractivity (Wildman–Crippen MR) is 105 cm³/mol. The Kier molecular flexibility index (Phi) is 5.38. The van der Waals surface area contributed by atoms with Gasteiger partial charge in [0.15, 0.2) is 10.9 Å². The van der Waals surface area contributed by atoms with Crippen molar-refractivity contribution in [1.82, 2.24) is 9.97 Å². The van der Waals surface area contributed by atoms with E-state index in [0.29, 0.717) is 10.1 Å². The average molecular weight is 399 g/mol. The van der Waals surface area contributed by atoms with Crippen molar-refractivity contribution in [3.63, 3.8) is 0 Å². The summed E-state index contributed by atoms with van der Waals surface area (Å²) in [7, 11) is -3.86. The second-order valence-corrected chi connectivity index (χ2v) is 8.66. The lowest BCUT2D eigenvalue weighted by molar-refractivity contribution is -0.110. The van der Waals surface area contributed by atoms with Gasteiger partial charge >= 0.3 is 0 Å². The molecule has 138 valence electrons. The van der Waals surface area contributed by atoms with E-state index in [0.717, 1.165) is 28.7 Å². The van der Waals surface area contributed by atoms with E-state index >= 15 is 0 Å². The summed E-state index contributed by atoms with van der Waals surface area (Å²) in [6, 6.07) is 8.27. The maximum atomic E-state index is 12.5. The van der Waals surface area contributed by atoms with Gasteiger partial charge in [-0.15, -0.1) is 0 Å². The highest BCUT2D eigenvalue weighted by molar-refractivity contribution is 8.03. The van der Waals surface area contributed by atoms with E-state index in [1.54, 1.807) is 12.1 Å². The van der Waals surface area contributed by atoms with Gasteiger partial charge < -0.3 is 0 Å². The van der Waals surface area contributed by atoms with E-state index in [1.165, 1.54) is 30.4 Å². The average Bonchev–Trinajstić information content (AvgIpc) is 2.57. The maximum absolute atomic E-state index is 12.5. The summed E-state index contributed by atoms with van der Waals surface area (Å²) in [5.74, 6) is -0.241. The van der Waals surface area contributed by atoms with Crippen LogP contribution >= 0.6 is 11.8 Å². The molecule has 0 bridgehead atoms. The van der Waals surface area contributed by atoms with Crippen LogP contribution in [0.5, 0.6) is 0 Å². The lowest BCUT2D eigenvalue weighted by Gasteiger charge is -2.08. The minimum atomic E-state index is -3.86. The molecule has 0 atom stereocenters. The molecule has 1 aromatic heterocycles. The molecule has 1 aliphatic carbocycles. The van der Waals surface area contributed by atoms with Crippen molar-refractivity contribution >= 4 is 33.3 Å². The van der Waals surface area contributed by atoms with Crippen LogP contribution in [0.4, 0.5) is 0 Å². The molecule has 6 nitrogen and oxygen atoms in total. The molecule has 27 heavy (non-hydrogen) atoms. The Labute approximate surface area is 162 Å². The highest BCUT2D eigenvalue weighted by Gasteiger charge is 2.18. The monoisotopic (exact) mass is 399 g/mol. The summed E-state index contributed by atoms with van der Waals surface area (Å²) >= 11 is 1.09. The Hall–Kier alpha value is -2.58. The molecule has 1 heterocycles. The smallest absolute Gasteiger partial charge is 0.282 e. The first-order valence-electron chi connectivity index (χ1n) is 8.09. The van der Waals surface area contributed by atoms with Crippen LogP contribution in [-0.4, -0.2) is 29.9 Å². The van der Waals surface area contributed by atoms with Crippen LogP contribution in [0.1, 0.15) is 17.0 Å². The summed E-state index contributed by atoms with van der Waals surface area (Å²) in [5, 5.41) is 0.433. The van der Waals surface area contributed by atoms with Crippen LogP contribution in [0.25, 0.3) is 0 Å². The van der Waals surface area contributed by atoms with Crippen LogP contribution < -0.4 is 0 Å². The number of carbonyl (C=O) groups is 1. The number of nitrogens with zero attached hydrogens (tertiary/aromatic N) is 3. The zero-order valence-corrected chi connectivity index (χ0v) is 16.6.